The second-order valence-electron chi connectivity index (χ2n) is 17.7. The minimum atomic E-state index is -3.68. The highest BCUT2D eigenvalue weighted by Gasteiger charge is 2.50. The van der Waals surface area contributed by atoms with E-state index in [1.807, 2.05) is 18.2 Å². The number of rotatable bonds is 9. The maximum absolute atomic E-state index is 13.9. The number of esters is 1. The number of aryl methyl sites for hydroxylation is 1. The van der Waals surface area contributed by atoms with E-state index in [0.29, 0.717) is 30.9 Å². The number of anilines is 1. The number of nitrogens with zero attached hydrogens (tertiary/aromatic N) is 3. The van der Waals surface area contributed by atoms with Gasteiger partial charge in [0.05, 0.1) is 36.3 Å². The summed E-state index contributed by atoms with van der Waals surface area (Å²) < 4.78 is 47.0. The standard InChI is InChI=1S/C42H56ClN3O6SSi/c1-41(2,3)54(5,6)52-38(29-10-7-12-33(23-29)53(48,49)40-44-20-9-21-45-40)34-16-13-31(34)25-46-26-42(19-8-11-28-22-32(43)15-17-35(28)42)27-51-37-18-14-30(24-36(37)46)39(47)50-4/h9,14-15,17-18,20-22,24,29,31,33-34,38H,7-8,10-13,16,19,23,25-27H2,1-6H3/t29-,31+,33+,34-,38-,42?/m1/s1. The number of methoxy groups -OCH3 is 1. The maximum Gasteiger partial charge on any atom is 0.337 e. The van der Waals surface area contributed by atoms with Crippen LogP contribution in [0.4, 0.5) is 5.69 Å². The first-order valence-electron chi connectivity index (χ1n) is 19.7. The lowest BCUT2D eigenvalue weighted by atomic mass is 9.65. The summed E-state index contributed by atoms with van der Waals surface area (Å²) in [6.45, 7) is 13.5. The van der Waals surface area contributed by atoms with Crippen LogP contribution in [0.15, 0.2) is 60.0 Å². The van der Waals surface area contributed by atoms with Gasteiger partial charge in [-0.25, -0.2) is 23.2 Å². The van der Waals surface area contributed by atoms with Gasteiger partial charge in [-0.2, -0.15) is 0 Å². The number of fused-ring (bicyclic) bond motifs is 3. The molecule has 4 aliphatic rings. The summed E-state index contributed by atoms with van der Waals surface area (Å²) in [4.78, 5) is 23.6. The van der Waals surface area contributed by atoms with Crippen molar-refractivity contribution in [3.63, 3.8) is 0 Å². The van der Waals surface area contributed by atoms with Crippen molar-refractivity contribution in [1.29, 1.82) is 0 Å². The van der Waals surface area contributed by atoms with E-state index in [0.717, 1.165) is 74.5 Å². The van der Waals surface area contributed by atoms with Crippen molar-refractivity contribution >= 4 is 41.4 Å². The van der Waals surface area contributed by atoms with Crippen LogP contribution in [-0.2, 0) is 30.8 Å². The Labute approximate surface area is 327 Å². The van der Waals surface area contributed by atoms with Gasteiger partial charge in [-0.05, 0) is 135 Å². The summed E-state index contributed by atoms with van der Waals surface area (Å²) >= 11 is 6.51. The summed E-state index contributed by atoms with van der Waals surface area (Å²) in [5.74, 6) is 1.09. The lowest BCUT2D eigenvalue weighted by molar-refractivity contribution is -0.0227. The smallest absolute Gasteiger partial charge is 0.337 e. The quantitative estimate of drug-likeness (QED) is 0.119. The Kier molecular flexibility index (Phi) is 11.0. The van der Waals surface area contributed by atoms with E-state index in [9.17, 15) is 13.2 Å². The molecular weight excluding hydrogens is 738 g/mol. The van der Waals surface area contributed by atoms with Gasteiger partial charge in [0.15, 0.2) is 8.32 Å². The molecule has 0 amide bonds. The fraction of sp³-hybridized carbons (Fsp3) is 0.595. The van der Waals surface area contributed by atoms with Crippen LogP contribution >= 0.6 is 11.6 Å². The van der Waals surface area contributed by atoms with Crippen LogP contribution < -0.4 is 9.64 Å². The molecule has 7 rings (SSSR count). The molecule has 6 atom stereocenters. The summed E-state index contributed by atoms with van der Waals surface area (Å²) in [5.41, 5.74) is 3.74. The van der Waals surface area contributed by atoms with E-state index in [-0.39, 0.29) is 39.5 Å². The number of carbonyl (C=O) groups is 1. The zero-order valence-corrected chi connectivity index (χ0v) is 35.2. The fourth-order valence-corrected chi connectivity index (χ4v) is 12.6. The van der Waals surface area contributed by atoms with E-state index in [1.54, 1.807) is 12.1 Å². The first-order valence-corrected chi connectivity index (χ1v) is 24.5. The third-order valence-electron chi connectivity index (χ3n) is 13.4. The van der Waals surface area contributed by atoms with Crippen LogP contribution in [0, 0.1) is 17.8 Å². The van der Waals surface area contributed by atoms with Crippen molar-refractivity contribution in [3.05, 3.63) is 76.6 Å². The van der Waals surface area contributed by atoms with Gasteiger partial charge in [0, 0.05) is 35.9 Å². The second-order valence-corrected chi connectivity index (χ2v) is 25.1. The number of halogens is 1. The molecule has 1 aromatic heterocycles. The molecule has 0 N–H and O–H groups in total. The van der Waals surface area contributed by atoms with Crippen molar-refractivity contribution in [2.75, 3.05) is 31.7 Å². The lowest BCUT2D eigenvalue weighted by Gasteiger charge is -2.52. The molecule has 3 aliphatic carbocycles. The molecule has 0 radical (unpaired) electrons. The van der Waals surface area contributed by atoms with Gasteiger partial charge in [-0.15, -0.1) is 0 Å². The van der Waals surface area contributed by atoms with Crippen molar-refractivity contribution in [3.8, 4) is 5.75 Å². The Balaban J connectivity index is 1.23. The van der Waals surface area contributed by atoms with Crippen LogP contribution in [0.1, 0.15) is 93.6 Å². The summed E-state index contributed by atoms with van der Waals surface area (Å²) in [5, 5.41) is 0.140. The maximum atomic E-state index is 13.9. The molecule has 2 heterocycles. The normalized spacial score (nSPS) is 26.5. The van der Waals surface area contributed by atoms with Gasteiger partial charge in [0.1, 0.15) is 5.75 Å². The number of ether oxygens (including phenoxy) is 2. The number of sulfone groups is 1. The van der Waals surface area contributed by atoms with Gasteiger partial charge in [0.25, 0.3) is 0 Å². The second kappa shape index (κ2) is 15.2. The number of benzene rings is 2. The zero-order chi connectivity index (χ0) is 38.5. The fourth-order valence-electron chi connectivity index (χ4n) is 9.29. The number of hydrogen-bond acceptors (Lipinski definition) is 9. The van der Waals surface area contributed by atoms with Crippen molar-refractivity contribution < 1.29 is 27.1 Å². The van der Waals surface area contributed by atoms with Gasteiger partial charge in [-0.3, -0.25) is 0 Å². The Morgan fingerprint density at radius 1 is 1.07 bits per heavy atom. The van der Waals surface area contributed by atoms with E-state index in [4.69, 9.17) is 25.5 Å². The van der Waals surface area contributed by atoms with Crippen LogP contribution in [0.3, 0.4) is 0 Å². The van der Waals surface area contributed by atoms with Crippen LogP contribution in [0.25, 0.3) is 0 Å². The Hall–Kier alpha value is -2.99. The van der Waals surface area contributed by atoms with E-state index >= 15 is 0 Å². The van der Waals surface area contributed by atoms with Crippen molar-refractivity contribution in [2.45, 2.75) is 119 Å². The highest BCUT2D eigenvalue weighted by molar-refractivity contribution is 7.91. The van der Waals surface area contributed by atoms with Gasteiger partial charge in [0.2, 0.25) is 15.0 Å². The third-order valence-corrected chi connectivity index (χ3v) is 20.1. The molecule has 9 nitrogen and oxygen atoms in total. The number of aromatic nitrogens is 2. The van der Waals surface area contributed by atoms with Crippen LogP contribution in [-0.4, -0.2) is 70.8 Å². The van der Waals surface area contributed by atoms with Gasteiger partial charge < -0.3 is 18.8 Å². The predicted octanol–water partition coefficient (Wildman–Crippen LogP) is 8.84. The highest BCUT2D eigenvalue weighted by Crippen LogP contribution is 2.51. The molecule has 1 aliphatic heterocycles. The Morgan fingerprint density at radius 3 is 2.56 bits per heavy atom. The summed E-state index contributed by atoms with van der Waals surface area (Å²) in [6.07, 6.45) is 11.0. The van der Waals surface area contributed by atoms with E-state index in [2.05, 4.69) is 60.9 Å². The predicted molar refractivity (Wildman–Crippen MR) is 215 cm³/mol. The molecule has 2 saturated carbocycles. The first-order chi connectivity index (χ1) is 25.6. The zero-order valence-electron chi connectivity index (χ0n) is 32.6. The van der Waals surface area contributed by atoms with E-state index in [1.165, 1.54) is 30.6 Å². The molecule has 1 spiro atoms. The van der Waals surface area contributed by atoms with E-state index < -0.39 is 23.4 Å². The summed E-state index contributed by atoms with van der Waals surface area (Å²) in [7, 11) is -4.51. The minimum absolute atomic E-state index is 0.00246. The Morgan fingerprint density at radius 2 is 1.85 bits per heavy atom. The monoisotopic (exact) mass is 793 g/mol. The van der Waals surface area contributed by atoms with Gasteiger partial charge in [-0.1, -0.05) is 44.9 Å². The summed E-state index contributed by atoms with van der Waals surface area (Å²) in [6, 6.07) is 13.6. The molecule has 0 bridgehead atoms. The molecular formula is C42H56ClN3O6SSi. The molecule has 3 aromatic rings. The van der Waals surface area contributed by atoms with Gasteiger partial charge >= 0.3 is 5.97 Å². The topological polar surface area (TPSA) is 108 Å². The molecule has 12 heteroatoms. The lowest BCUT2D eigenvalue weighted by Crippen LogP contribution is -2.54. The van der Waals surface area contributed by atoms with Crippen molar-refractivity contribution in [1.82, 2.24) is 9.97 Å². The minimum Gasteiger partial charge on any atom is -0.490 e. The number of carbonyl (C=O) groups excluding carboxylic acids is 1. The first kappa shape index (κ1) is 39.2. The highest BCUT2D eigenvalue weighted by atomic mass is 35.5. The molecule has 0 saturated heterocycles. The average Bonchev–Trinajstić information content (AvgIpc) is 3.29. The molecule has 2 aromatic carbocycles. The van der Waals surface area contributed by atoms with Crippen LogP contribution in [0.5, 0.6) is 5.75 Å². The molecule has 54 heavy (non-hydrogen) atoms. The Bertz CT molecular complexity index is 1960. The molecule has 1 unspecified atom stereocenters. The van der Waals surface area contributed by atoms with Crippen molar-refractivity contribution in [2.24, 2.45) is 17.8 Å². The average molecular weight is 795 g/mol. The van der Waals surface area contributed by atoms with Crippen LogP contribution in [0.2, 0.25) is 23.2 Å². The third kappa shape index (κ3) is 7.59. The SMILES string of the molecule is COC(=O)c1ccc2c(c1)N(C[C@@H]1CC[C@H]1[C@H](O[Si](C)(C)C(C)(C)C)[C@@H]1CCC[C@H](S(=O)(=O)c3ncccn3)C1)CC1(CCCc3cc(Cl)ccc31)CO2. The molecule has 292 valence electrons. The largest absolute Gasteiger partial charge is 0.490 e. The number of hydrogen-bond donors (Lipinski definition) is 0. The molecule has 2 fully saturated rings.